The van der Waals surface area contributed by atoms with Crippen LogP contribution in [0, 0.1) is 0 Å². The maximum absolute atomic E-state index is 11.7. The maximum Gasteiger partial charge on any atom is 0.189 e. The Morgan fingerprint density at radius 3 is 2.94 bits per heavy atom. The number of nitrogens with zero attached hydrogens (tertiary/aromatic N) is 3. The average molecular weight is 213 g/mol. The van der Waals surface area contributed by atoms with Crippen LogP contribution in [0.4, 0.5) is 0 Å². The molecule has 0 spiro atoms. The van der Waals surface area contributed by atoms with Gasteiger partial charge in [0, 0.05) is 25.6 Å². The molecule has 2 aromatic heterocycles. The number of hydrogen-bond donors (Lipinski definition) is 0. The van der Waals surface area contributed by atoms with Gasteiger partial charge in [0.05, 0.1) is 11.8 Å². The lowest BCUT2D eigenvalue weighted by atomic mass is 10.2. The highest BCUT2D eigenvalue weighted by atomic mass is 16.1. The Kier molecular flexibility index (Phi) is 2.91. The molecule has 2 heterocycles. The second-order valence-electron chi connectivity index (χ2n) is 3.39. The number of aryl methyl sites for hydroxylation is 1. The van der Waals surface area contributed by atoms with Crippen LogP contribution in [0.3, 0.4) is 0 Å². The third-order valence-corrected chi connectivity index (χ3v) is 2.10. The number of carbonyl (C=O) groups is 1. The molecule has 4 nitrogen and oxygen atoms in total. The third-order valence-electron chi connectivity index (χ3n) is 2.10. The Hall–Kier alpha value is -2.23. The van der Waals surface area contributed by atoms with Gasteiger partial charge in [0.25, 0.3) is 0 Å². The minimum absolute atomic E-state index is 0.0584. The van der Waals surface area contributed by atoms with Crippen LogP contribution in [0.2, 0.25) is 0 Å². The van der Waals surface area contributed by atoms with Crippen LogP contribution in [0.15, 0.2) is 43.0 Å². The molecule has 2 aromatic rings. The standard InChI is InChI=1S/C12H11N3O/c1-15-9-11(8-14-15)12(16)5-4-10-3-2-6-13-7-10/h2-9H,1H3. The average Bonchev–Trinajstić information content (AvgIpc) is 2.74. The first kappa shape index (κ1) is 10.3. The molecule has 0 aliphatic heterocycles. The molecule has 0 unspecified atom stereocenters. The molecule has 0 fully saturated rings. The largest absolute Gasteiger partial charge is 0.289 e. The normalized spacial score (nSPS) is 10.8. The van der Waals surface area contributed by atoms with E-state index in [1.165, 1.54) is 6.08 Å². The molecule has 0 aliphatic rings. The molecular weight excluding hydrogens is 202 g/mol. The monoisotopic (exact) mass is 213 g/mol. The first-order valence-corrected chi connectivity index (χ1v) is 4.87. The van der Waals surface area contributed by atoms with Crippen LogP contribution in [-0.2, 0) is 7.05 Å². The van der Waals surface area contributed by atoms with Crippen molar-refractivity contribution in [1.82, 2.24) is 14.8 Å². The molecule has 0 atom stereocenters. The number of carbonyl (C=O) groups excluding carboxylic acids is 1. The topological polar surface area (TPSA) is 47.8 Å². The predicted molar refractivity (Wildman–Crippen MR) is 60.8 cm³/mol. The van der Waals surface area contributed by atoms with E-state index >= 15 is 0 Å². The van der Waals surface area contributed by atoms with Gasteiger partial charge in [-0.2, -0.15) is 5.10 Å². The summed E-state index contributed by atoms with van der Waals surface area (Å²) in [7, 11) is 1.78. The van der Waals surface area contributed by atoms with E-state index in [1.54, 1.807) is 42.6 Å². The van der Waals surface area contributed by atoms with Gasteiger partial charge in [0.2, 0.25) is 0 Å². The summed E-state index contributed by atoms with van der Waals surface area (Å²) in [6, 6.07) is 3.72. The predicted octanol–water partition coefficient (Wildman–Crippen LogP) is 1.71. The number of pyridine rings is 1. The zero-order chi connectivity index (χ0) is 11.4. The molecule has 0 saturated carbocycles. The van der Waals surface area contributed by atoms with Crippen molar-refractivity contribution in [1.29, 1.82) is 0 Å². The van der Waals surface area contributed by atoms with E-state index in [4.69, 9.17) is 0 Å². The van der Waals surface area contributed by atoms with Crippen molar-refractivity contribution in [2.45, 2.75) is 0 Å². The van der Waals surface area contributed by atoms with Crippen molar-refractivity contribution in [3.05, 3.63) is 54.1 Å². The van der Waals surface area contributed by atoms with E-state index in [0.29, 0.717) is 5.56 Å². The van der Waals surface area contributed by atoms with Crippen LogP contribution in [0.25, 0.3) is 6.08 Å². The van der Waals surface area contributed by atoms with Crippen LogP contribution in [-0.4, -0.2) is 20.5 Å². The maximum atomic E-state index is 11.7. The molecule has 4 heteroatoms. The highest BCUT2D eigenvalue weighted by molar-refractivity contribution is 6.06. The lowest BCUT2D eigenvalue weighted by molar-refractivity contribution is 0.104. The molecule has 2 rings (SSSR count). The summed E-state index contributed by atoms with van der Waals surface area (Å²) in [5.74, 6) is -0.0584. The number of aromatic nitrogens is 3. The van der Waals surface area contributed by atoms with Crippen molar-refractivity contribution in [2.75, 3.05) is 0 Å². The smallest absolute Gasteiger partial charge is 0.189 e. The van der Waals surface area contributed by atoms with E-state index in [9.17, 15) is 4.79 Å². The molecule has 0 saturated heterocycles. The molecule has 0 aliphatic carbocycles. The van der Waals surface area contributed by atoms with Gasteiger partial charge >= 0.3 is 0 Å². The minimum Gasteiger partial charge on any atom is -0.289 e. The van der Waals surface area contributed by atoms with Crippen LogP contribution < -0.4 is 0 Å². The zero-order valence-electron chi connectivity index (χ0n) is 8.87. The summed E-state index contributed by atoms with van der Waals surface area (Å²) in [5.41, 5.74) is 1.49. The van der Waals surface area contributed by atoms with Gasteiger partial charge in [-0.05, 0) is 23.8 Å². The van der Waals surface area contributed by atoms with Gasteiger partial charge in [-0.15, -0.1) is 0 Å². The van der Waals surface area contributed by atoms with E-state index in [1.807, 2.05) is 12.1 Å². The molecular formula is C12H11N3O. The van der Waals surface area contributed by atoms with E-state index < -0.39 is 0 Å². The fraction of sp³-hybridized carbons (Fsp3) is 0.0833. The van der Waals surface area contributed by atoms with Crippen molar-refractivity contribution in [2.24, 2.45) is 7.05 Å². The molecule has 0 bridgehead atoms. The summed E-state index contributed by atoms with van der Waals surface area (Å²) in [4.78, 5) is 15.6. The van der Waals surface area contributed by atoms with Crippen LogP contribution in [0.5, 0.6) is 0 Å². The van der Waals surface area contributed by atoms with E-state index in [2.05, 4.69) is 10.1 Å². The Balaban J connectivity index is 2.11. The molecule has 0 aromatic carbocycles. The highest BCUT2D eigenvalue weighted by Crippen LogP contribution is 2.03. The minimum atomic E-state index is -0.0584. The Morgan fingerprint density at radius 2 is 2.31 bits per heavy atom. The molecule has 0 N–H and O–H groups in total. The first-order valence-electron chi connectivity index (χ1n) is 4.87. The van der Waals surface area contributed by atoms with Crippen molar-refractivity contribution in [3.63, 3.8) is 0 Å². The first-order chi connectivity index (χ1) is 7.75. The number of hydrogen-bond acceptors (Lipinski definition) is 3. The Morgan fingerprint density at radius 1 is 1.44 bits per heavy atom. The number of ketones is 1. The van der Waals surface area contributed by atoms with Crippen molar-refractivity contribution < 1.29 is 4.79 Å². The molecule has 0 radical (unpaired) electrons. The van der Waals surface area contributed by atoms with E-state index in [-0.39, 0.29) is 5.78 Å². The molecule has 80 valence electrons. The fourth-order valence-corrected chi connectivity index (χ4v) is 1.29. The number of rotatable bonds is 3. The summed E-state index contributed by atoms with van der Waals surface area (Å²) in [6.45, 7) is 0. The van der Waals surface area contributed by atoms with Gasteiger partial charge < -0.3 is 0 Å². The summed E-state index contributed by atoms with van der Waals surface area (Å²) >= 11 is 0. The van der Waals surface area contributed by atoms with Gasteiger partial charge in [-0.3, -0.25) is 14.5 Å². The van der Waals surface area contributed by atoms with Gasteiger partial charge in [-0.1, -0.05) is 6.07 Å². The van der Waals surface area contributed by atoms with Gasteiger partial charge in [-0.25, -0.2) is 0 Å². The second kappa shape index (κ2) is 4.53. The summed E-state index contributed by atoms with van der Waals surface area (Å²) in [6.07, 6.45) is 9.90. The quantitative estimate of drug-likeness (QED) is 0.576. The zero-order valence-corrected chi connectivity index (χ0v) is 8.87. The van der Waals surface area contributed by atoms with Crippen LogP contribution in [0.1, 0.15) is 15.9 Å². The second-order valence-corrected chi connectivity index (χ2v) is 3.39. The molecule has 0 amide bonds. The Bertz CT molecular complexity index is 514. The van der Waals surface area contributed by atoms with Crippen molar-refractivity contribution >= 4 is 11.9 Å². The van der Waals surface area contributed by atoms with E-state index in [0.717, 1.165) is 5.56 Å². The lowest BCUT2D eigenvalue weighted by Gasteiger charge is -1.90. The molecule has 16 heavy (non-hydrogen) atoms. The van der Waals surface area contributed by atoms with Crippen LogP contribution >= 0.6 is 0 Å². The summed E-state index contributed by atoms with van der Waals surface area (Å²) in [5, 5.41) is 3.94. The van der Waals surface area contributed by atoms with Gasteiger partial charge in [0.15, 0.2) is 5.78 Å². The van der Waals surface area contributed by atoms with Gasteiger partial charge in [0.1, 0.15) is 0 Å². The third kappa shape index (κ3) is 2.42. The lowest BCUT2D eigenvalue weighted by Crippen LogP contribution is -1.91. The van der Waals surface area contributed by atoms with Crippen molar-refractivity contribution in [3.8, 4) is 0 Å². The SMILES string of the molecule is Cn1cc(C(=O)C=Cc2cccnc2)cn1. The highest BCUT2D eigenvalue weighted by Gasteiger charge is 2.03. The summed E-state index contributed by atoms with van der Waals surface area (Å²) < 4.78 is 1.60. The number of allylic oxidation sites excluding steroid dienone is 1. The fourth-order valence-electron chi connectivity index (χ4n) is 1.29. The Labute approximate surface area is 93.2 Å².